The van der Waals surface area contributed by atoms with Gasteiger partial charge in [-0.1, -0.05) is 0 Å². The Bertz CT molecular complexity index is 572. The monoisotopic (exact) mass is 332 g/mol. The molecule has 130 valence electrons. The number of amides is 2. The average Bonchev–Trinajstić information content (AvgIpc) is 2.62. The third-order valence-electron chi connectivity index (χ3n) is 4.81. The fourth-order valence-corrected chi connectivity index (χ4v) is 3.45. The molecule has 0 radical (unpaired) electrons. The molecule has 2 aliphatic heterocycles. The fraction of sp³-hybridized carbons (Fsp3) is 0.647. The third kappa shape index (κ3) is 4.01. The minimum Gasteiger partial charge on any atom is -0.471 e. The minimum absolute atomic E-state index is 0.0240. The molecule has 0 bridgehead atoms. The minimum atomic E-state index is -0.0308. The molecule has 7 nitrogen and oxygen atoms in total. The van der Waals surface area contributed by atoms with Crippen molar-refractivity contribution < 1.29 is 14.3 Å². The van der Waals surface area contributed by atoms with Crippen LogP contribution in [0.5, 0.6) is 5.88 Å². The third-order valence-corrected chi connectivity index (χ3v) is 4.81. The van der Waals surface area contributed by atoms with Crippen molar-refractivity contribution in [3.05, 3.63) is 18.6 Å². The zero-order valence-corrected chi connectivity index (χ0v) is 14.1. The lowest BCUT2D eigenvalue weighted by molar-refractivity contribution is -0.142. The van der Waals surface area contributed by atoms with Crippen LogP contribution in [0.2, 0.25) is 0 Å². The molecule has 3 rings (SSSR count). The van der Waals surface area contributed by atoms with E-state index >= 15 is 0 Å². The van der Waals surface area contributed by atoms with E-state index < -0.39 is 0 Å². The van der Waals surface area contributed by atoms with E-state index in [1.165, 1.54) is 0 Å². The topological polar surface area (TPSA) is 75.6 Å². The molecule has 0 N–H and O–H groups in total. The summed E-state index contributed by atoms with van der Waals surface area (Å²) in [4.78, 5) is 36.0. The van der Waals surface area contributed by atoms with E-state index in [1.807, 2.05) is 9.80 Å². The number of aromatic nitrogens is 2. The largest absolute Gasteiger partial charge is 0.471 e. The van der Waals surface area contributed by atoms with E-state index in [9.17, 15) is 9.59 Å². The van der Waals surface area contributed by atoms with Gasteiger partial charge in [-0.2, -0.15) is 0 Å². The molecular weight excluding hydrogens is 308 g/mol. The molecule has 3 heterocycles. The predicted molar refractivity (Wildman–Crippen MR) is 87.2 cm³/mol. The van der Waals surface area contributed by atoms with Crippen LogP contribution in [-0.2, 0) is 9.59 Å². The van der Waals surface area contributed by atoms with E-state index in [2.05, 4.69) is 9.97 Å². The van der Waals surface area contributed by atoms with E-state index in [1.54, 1.807) is 25.5 Å². The highest BCUT2D eigenvalue weighted by Gasteiger charge is 2.32. The molecule has 0 saturated carbocycles. The van der Waals surface area contributed by atoms with Gasteiger partial charge >= 0.3 is 0 Å². The summed E-state index contributed by atoms with van der Waals surface area (Å²) in [7, 11) is 0. The highest BCUT2D eigenvalue weighted by molar-refractivity contribution is 5.80. The van der Waals surface area contributed by atoms with Gasteiger partial charge in [-0.3, -0.25) is 14.6 Å². The van der Waals surface area contributed by atoms with Crippen molar-refractivity contribution in [2.45, 2.75) is 38.7 Å². The maximum absolute atomic E-state index is 12.8. The second-order valence-corrected chi connectivity index (χ2v) is 6.49. The normalized spacial score (nSPS) is 22.3. The molecule has 0 aliphatic carbocycles. The molecule has 0 spiro atoms. The zero-order chi connectivity index (χ0) is 16.9. The van der Waals surface area contributed by atoms with Crippen molar-refractivity contribution in [2.24, 2.45) is 5.92 Å². The number of hydrogen-bond donors (Lipinski definition) is 0. The van der Waals surface area contributed by atoms with Gasteiger partial charge < -0.3 is 14.5 Å². The highest BCUT2D eigenvalue weighted by Crippen LogP contribution is 2.23. The van der Waals surface area contributed by atoms with Gasteiger partial charge in [0.1, 0.15) is 6.10 Å². The van der Waals surface area contributed by atoms with Crippen molar-refractivity contribution in [1.29, 1.82) is 0 Å². The Kier molecular flexibility index (Phi) is 5.27. The van der Waals surface area contributed by atoms with Crippen molar-refractivity contribution in [3.63, 3.8) is 0 Å². The molecule has 1 atom stereocenters. The fourth-order valence-electron chi connectivity index (χ4n) is 3.45. The molecule has 2 amide bonds. The zero-order valence-electron chi connectivity index (χ0n) is 14.1. The number of nitrogens with zero attached hydrogens (tertiary/aromatic N) is 4. The highest BCUT2D eigenvalue weighted by atomic mass is 16.5. The van der Waals surface area contributed by atoms with Gasteiger partial charge in [-0.15, -0.1) is 0 Å². The number of ether oxygens (including phenoxy) is 1. The summed E-state index contributed by atoms with van der Waals surface area (Å²) in [5.74, 6) is 0.824. The summed E-state index contributed by atoms with van der Waals surface area (Å²) >= 11 is 0. The summed E-state index contributed by atoms with van der Waals surface area (Å²) in [5.41, 5.74) is 0. The van der Waals surface area contributed by atoms with Crippen LogP contribution in [0.25, 0.3) is 0 Å². The molecule has 2 fully saturated rings. The SMILES string of the molecule is CC(=O)N1CCC(C(=O)N2CCC[C@@H](Oc3cnccn3)C2)CC1. The van der Waals surface area contributed by atoms with Crippen LogP contribution in [0, 0.1) is 5.92 Å². The standard InChI is InChI=1S/C17H24N4O3/c1-13(22)20-9-4-14(5-10-20)17(23)21-8-2-3-15(12-21)24-16-11-18-6-7-19-16/h6-7,11,14-15H,2-5,8-10,12H2,1H3/t15-/m1/s1. The Morgan fingerprint density at radius 2 is 1.92 bits per heavy atom. The van der Waals surface area contributed by atoms with Gasteiger partial charge in [0.05, 0.1) is 12.7 Å². The molecule has 0 aromatic carbocycles. The van der Waals surface area contributed by atoms with Crippen LogP contribution in [0.15, 0.2) is 18.6 Å². The van der Waals surface area contributed by atoms with Crippen LogP contribution in [0.3, 0.4) is 0 Å². The Balaban J connectivity index is 1.53. The Morgan fingerprint density at radius 1 is 1.12 bits per heavy atom. The lowest BCUT2D eigenvalue weighted by Gasteiger charge is -2.37. The van der Waals surface area contributed by atoms with Gasteiger partial charge in [0, 0.05) is 44.9 Å². The molecule has 0 unspecified atom stereocenters. The van der Waals surface area contributed by atoms with E-state index in [0.29, 0.717) is 25.5 Å². The summed E-state index contributed by atoms with van der Waals surface area (Å²) in [6.07, 6.45) is 8.14. The number of rotatable bonds is 3. The number of piperidine rings is 2. The first kappa shape index (κ1) is 16.7. The molecule has 1 aromatic rings. The Morgan fingerprint density at radius 3 is 2.58 bits per heavy atom. The van der Waals surface area contributed by atoms with E-state index in [-0.39, 0.29) is 23.8 Å². The lowest BCUT2D eigenvalue weighted by atomic mass is 9.94. The smallest absolute Gasteiger partial charge is 0.232 e. The van der Waals surface area contributed by atoms with E-state index in [4.69, 9.17) is 4.74 Å². The van der Waals surface area contributed by atoms with Crippen molar-refractivity contribution >= 4 is 11.8 Å². The van der Waals surface area contributed by atoms with Gasteiger partial charge in [-0.25, -0.2) is 4.98 Å². The number of likely N-dealkylation sites (tertiary alicyclic amines) is 2. The maximum atomic E-state index is 12.8. The summed E-state index contributed by atoms with van der Waals surface area (Å²) in [6.45, 7) is 4.33. The predicted octanol–water partition coefficient (Wildman–Crippen LogP) is 1.10. The van der Waals surface area contributed by atoms with Crippen molar-refractivity contribution in [1.82, 2.24) is 19.8 Å². The number of carbonyl (C=O) groups is 2. The van der Waals surface area contributed by atoms with Crippen LogP contribution < -0.4 is 4.74 Å². The first-order valence-electron chi connectivity index (χ1n) is 8.60. The Hall–Kier alpha value is -2.18. The lowest BCUT2D eigenvalue weighted by Crippen LogP contribution is -2.49. The van der Waals surface area contributed by atoms with Crippen LogP contribution in [0.1, 0.15) is 32.6 Å². The van der Waals surface area contributed by atoms with Crippen LogP contribution in [-0.4, -0.2) is 63.9 Å². The first-order chi connectivity index (χ1) is 11.6. The quantitative estimate of drug-likeness (QED) is 0.829. The van der Waals surface area contributed by atoms with Crippen molar-refractivity contribution in [2.75, 3.05) is 26.2 Å². The average molecular weight is 332 g/mol. The second-order valence-electron chi connectivity index (χ2n) is 6.49. The summed E-state index contributed by atoms with van der Waals surface area (Å²) < 4.78 is 5.85. The number of carbonyl (C=O) groups excluding carboxylic acids is 2. The van der Waals surface area contributed by atoms with Crippen LogP contribution >= 0.6 is 0 Å². The molecular formula is C17H24N4O3. The van der Waals surface area contributed by atoms with Gasteiger partial charge in [0.25, 0.3) is 0 Å². The molecule has 1 aromatic heterocycles. The molecule has 2 saturated heterocycles. The molecule has 24 heavy (non-hydrogen) atoms. The summed E-state index contributed by atoms with van der Waals surface area (Å²) in [5, 5.41) is 0. The molecule has 7 heteroatoms. The van der Waals surface area contributed by atoms with Gasteiger partial charge in [0.15, 0.2) is 0 Å². The Labute approximate surface area is 142 Å². The van der Waals surface area contributed by atoms with Gasteiger partial charge in [-0.05, 0) is 25.7 Å². The maximum Gasteiger partial charge on any atom is 0.232 e. The van der Waals surface area contributed by atoms with Gasteiger partial charge in [0.2, 0.25) is 17.7 Å². The number of hydrogen-bond acceptors (Lipinski definition) is 5. The van der Waals surface area contributed by atoms with E-state index in [0.717, 1.165) is 32.2 Å². The van der Waals surface area contributed by atoms with Crippen LogP contribution in [0.4, 0.5) is 0 Å². The summed E-state index contributed by atoms with van der Waals surface area (Å²) in [6, 6.07) is 0. The second kappa shape index (κ2) is 7.59. The molecule has 2 aliphatic rings. The van der Waals surface area contributed by atoms with Crippen molar-refractivity contribution in [3.8, 4) is 5.88 Å². The first-order valence-corrected chi connectivity index (χ1v) is 8.60.